The van der Waals surface area contributed by atoms with Gasteiger partial charge in [0, 0.05) is 0 Å². The van der Waals surface area contributed by atoms with Crippen LogP contribution in [-0.2, 0) is 0 Å². The van der Waals surface area contributed by atoms with E-state index in [-0.39, 0.29) is 27.3 Å². The Hall–Kier alpha value is -2.72. The summed E-state index contributed by atoms with van der Waals surface area (Å²) in [6, 6.07) is 4.26. The highest BCUT2D eigenvalue weighted by molar-refractivity contribution is 6.42. The average Bonchev–Trinajstić information content (AvgIpc) is 3.08. The molecule has 0 aliphatic rings. The smallest absolute Gasteiger partial charge is 0.358 e. The van der Waals surface area contributed by atoms with Crippen molar-refractivity contribution in [2.45, 2.75) is 0 Å². The molecule has 0 aliphatic carbocycles. The number of aromatic nitrogens is 4. The SMILES string of the molecule is O=c1onc(-c2nonc2[N+](=O)[O-])n1-c1ccc(Cl)c(Cl)c1. The molecule has 0 saturated carbocycles. The summed E-state index contributed by atoms with van der Waals surface area (Å²) >= 11 is 11.7. The highest BCUT2D eigenvalue weighted by Crippen LogP contribution is 2.28. The Morgan fingerprint density at radius 1 is 1.18 bits per heavy atom. The highest BCUT2D eigenvalue weighted by atomic mass is 35.5. The molecule has 0 bridgehead atoms. The number of halogens is 2. The predicted octanol–water partition coefficient (Wildman–Crippen LogP) is 2.09. The zero-order valence-electron chi connectivity index (χ0n) is 10.3. The minimum atomic E-state index is -0.898. The van der Waals surface area contributed by atoms with Gasteiger partial charge in [-0.25, -0.2) is 9.36 Å². The monoisotopic (exact) mass is 343 g/mol. The molecule has 0 amide bonds. The van der Waals surface area contributed by atoms with Crippen molar-refractivity contribution in [3.8, 4) is 17.2 Å². The van der Waals surface area contributed by atoms with Gasteiger partial charge in [0.05, 0.1) is 15.7 Å². The van der Waals surface area contributed by atoms with Crippen LogP contribution in [0, 0.1) is 10.1 Å². The number of rotatable bonds is 3. The molecule has 0 spiro atoms. The lowest BCUT2D eigenvalue weighted by Crippen LogP contribution is -2.13. The third-order valence-corrected chi connectivity index (χ3v) is 3.36. The van der Waals surface area contributed by atoms with Gasteiger partial charge in [0.15, 0.2) is 5.16 Å². The van der Waals surface area contributed by atoms with E-state index in [1.165, 1.54) is 18.2 Å². The van der Waals surface area contributed by atoms with Crippen LogP contribution in [0.4, 0.5) is 5.82 Å². The van der Waals surface area contributed by atoms with Gasteiger partial charge in [-0.05, 0) is 28.3 Å². The standard InChI is InChI=1S/C10H3Cl2N5O5/c11-5-2-1-4(3-6(5)12)16-8(14-21-10(16)18)7-9(17(19)20)15-22-13-7/h1-3H. The van der Waals surface area contributed by atoms with Crippen LogP contribution in [0.1, 0.15) is 0 Å². The first kappa shape index (κ1) is 14.2. The quantitative estimate of drug-likeness (QED) is 0.521. The first-order valence-electron chi connectivity index (χ1n) is 5.50. The van der Waals surface area contributed by atoms with Gasteiger partial charge in [0.1, 0.15) is 0 Å². The van der Waals surface area contributed by atoms with Crippen LogP contribution < -0.4 is 5.76 Å². The van der Waals surface area contributed by atoms with Crippen molar-refractivity contribution in [1.29, 1.82) is 0 Å². The molecule has 22 heavy (non-hydrogen) atoms. The van der Waals surface area contributed by atoms with Crippen LogP contribution in [0.5, 0.6) is 0 Å². The second-order valence-corrected chi connectivity index (χ2v) is 4.71. The molecule has 2 aromatic heterocycles. The Morgan fingerprint density at radius 3 is 2.64 bits per heavy atom. The number of nitrogens with zero attached hydrogens (tertiary/aromatic N) is 5. The van der Waals surface area contributed by atoms with Crippen LogP contribution in [-0.4, -0.2) is 25.0 Å². The molecule has 2 heterocycles. The lowest BCUT2D eigenvalue weighted by molar-refractivity contribution is -0.390. The van der Waals surface area contributed by atoms with Crippen molar-refractivity contribution in [3.05, 3.63) is 48.9 Å². The Bertz CT molecular complexity index is 930. The van der Waals surface area contributed by atoms with E-state index in [2.05, 4.69) is 24.6 Å². The summed E-state index contributed by atoms with van der Waals surface area (Å²) in [7, 11) is 0. The Kier molecular flexibility index (Phi) is 3.39. The zero-order chi connectivity index (χ0) is 15.9. The van der Waals surface area contributed by atoms with E-state index < -0.39 is 16.5 Å². The minimum Gasteiger partial charge on any atom is -0.358 e. The molecule has 0 radical (unpaired) electrons. The Labute approximate surface area is 129 Å². The van der Waals surface area contributed by atoms with Crippen molar-refractivity contribution in [3.63, 3.8) is 0 Å². The summed E-state index contributed by atoms with van der Waals surface area (Å²) in [5.74, 6) is -1.86. The van der Waals surface area contributed by atoms with E-state index in [4.69, 9.17) is 23.2 Å². The molecule has 0 aliphatic heterocycles. The third kappa shape index (κ3) is 2.23. The van der Waals surface area contributed by atoms with Crippen molar-refractivity contribution in [2.24, 2.45) is 0 Å². The normalized spacial score (nSPS) is 10.8. The number of nitro groups is 1. The molecule has 0 unspecified atom stereocenters. The van der Waals surface area contributed by atoms with E-state index in [0.717, 1.165) is 4.57 Å². The fourth-order valence-electron chi connectivity index (χ4n) is 1.70. The maximum Gasteiger partial charge on any atom is 0.446 e. The van der Waals surface area contributed by atoms with Gasteiger partial charge >= 0.3 is 11.6 Å². The summed E-state index contributed by atoms with van der Waals surface area (Å²) < 4.78 is 9.77. The van der Waals surface area contributed by atoms with Crippen LogP contribution in [0.2, 0.25) is 10.0 Å². The lowest BCUT2D eigenvalue weighted by atomic mass is 10.3. The van der Waals surface area contributed by atoms with Gasteiger partial charge in [-0.15, -0.1) is 4.63 Å². The second kappa shape index (κ2) is 5.24. The molecule has 3 aromatic rings. The van der Waals surface area contributed by atoms with Gasteiger partial charge in [-0.2, -0.15) is 0 Å². The summed E-state index contributed by atoms with van der Waals surface area (Å²) in [5.41, 5.74) is -0.130. The minimum absolute atomic E-state index is 0.172. The van der Waals surface area contributed by atoms with Crippen molar-refractivity contribution in [2.75, 3.05) is 0 Å². The van der Waals surface area contributed by atoms with Gasteiger partial charge in [0.25, 0.3) is 5.69 Å². The Morgan fingerprint density at radius 2 is 1.95 bits per heavy atom. The molecule has 112 valence electrons. The number of hydrogen-bond acceptors (Lipinski definition) is 8. The fourth-order valence-corrected chi connectivity index (χ4v) is 1.99. The molecule has 0 saturated heterocycles. The largest absolute Gasteiger partial charge is 0.446 e. The van der Waals surface area contributed by atoms with Crippen molar-refractivity contribution >= 4 is 29.0 Å². The number of benzene rings is 1. The number of hydrogen-bond donors (Lipinski definition) is 0. The van der Waals surface area contributed by atoms with E-state index in [9.17, 15) is 14.9 Å². The molecule has 0 N–H and O–H groups in total. The summed E-state index contributed by atoms with van der Waals surface area (Å²) in [4.78, 5) is 21.9. The lowest BCUT2D eigenvalue weighted by Gasteiger charge is -2.03. The van der Waals surface area contributed by atoms with E-state index in [1.807, 2.05) is 0 Å². The molecule has 3 rings (SSSR count). The highest BCUT2D eigenvalue weighted by Gasteiger charge is 2.30. The molecular weight excluding hydrogens is 341 g/mol. The fraction of sp³-hybridized carbons (Fsp3) is 0. The zero-order valence-corrected chi connectivity index (χ0v) is 11.8. The molecule has 12 heteroatoms. The topological polar surface area (TPSA) is 130 Å². The van der Waals surface area contributed by atoms with Gasteiger partial charge in [0.2, 0.25) is 5.82 Å². The van der Waals surface area contributed by atoms with E-state index in [0.29, 0.717) is 0 Å². The molecule has 0 fully saturated rings. The molecule has 1 aromatic carbocycles. The maximum absolute atomic E-state index is 11.8. The van der Waals surface area contributed by atoms with Crippen LogP contribution in [0.3, 0.4) is 0 Å². The van der Waals surface area contributed by atoms with Crippen LogP contribution in [0.25, 0.3) is 17.2 Å². The predicted molar refractivity (Wildman–Crippen MR) is 72.1 cm³/mol. The average molecular weight is 344 g/mol. The first-order valence-corrected chi connectivity index (χ1v) is 6.26. The van der Waals surface area contributed by atoms with E-state index >= 15 is 0 Å². The van der Waals surface area contributed by atoms with Crippen LogP contribution >= 0.6 is 23.2 Å². The van der Waals surface area contributed by atoms with E-state index in [1.54, 1.807) is 0 Å². The maximum atomic E-state index is 11.8. The summed E-state index contributed by atoms with van der Waals surface area (Å²) in [6.45, 7) is 0. The van der Waals surface area contributed by atoms with Crippen LogP contribution in [0.15, 0.2) is 32.1 Å². The molecule has 0 atom stereocenters. The van der Waals surface area contributed by atoms with Gasteiger partial charge in [-0.1, -0.05) is 28.4 Å². The summed E-state index contributed by atoms with van der Waals surface area (Å²) in [5, 5.41) is 21.3. The van der Waals surface area contributed by atoms with Gasteiger partial charge < -0.3 is 10.1 Å². The second-order valence-electron chi connectivity index (χ2n) is 3.90. The van der Waals surface area contributed by atoms with Crippen molar-refractivity contribution in [1.82, 2.24) is 20.0 Å². The summed E-state index contributed by atoms with van der Waals surface area (Å²) in [6.07, 6.45) is 0. The Balaban J connectivity index is 2.24. The van der Waals surface area contributed by atoms with Gasteiger partial charge in [-0.3, -0.25) is 4.52 Å². The molecular formula is C10H3Cl2N5O5. The third-order valence-electron chi connectivity index (χ3n) is 2.62. The first-order chi connectivity index (χ1) is 10.5. The molecule has 10 nitrogen and oxygen atoms in total. The van der Waals surface area contributed by atoms with Crippen molar-refractivity contribution < 1.29 is 14.1 Å².